The fourth-order valence-electron chi connectivity index (χ4n) is 2.21. The van der Waals surface area contributed by atoms with Crippen molar-refractivity contribution in [3.63, 3.8) is 0 Å². The van der Waals surface area contributed by atoms with Gasteiger partial charge in [0.05, 0.1) is 17.6 Å². The molecule has 0 saturated carbocycles. The molecule has 0 aliphatic carbocycles. The van der Waals surface area contributed by atoms with E-state index >= 15 is 0 Å². The van der Waals surface area contributed by atoms with Gasteiger partial charge in [-0.1, -0.05) is 6.08 Å². The molecule has 1 aromatic rings. The van der Waals surface area contributed by atoms with Gasteiger partial charge in [-0.05, 0) is 30.7 Å². The van der Waals surface area contributed by atoms with E-state index < -0.39 is 10.9 Å². The number of esters is 1. The van der Waals surface area contributed by atoms with E-state index in [9.17, 15) is 14.9 Å². The number of benzene rings is 1. The minimum Gasteiger partial charge on any atom is -0.465 e. The van der Waals surface area contributed by atoms with Crippen LogP contribution in [0.2, 0.25) is 0 Å². The van der Waals surface area contributed by atoms with Crippen molar-refractivity contribution in [3.05, 3.63) is 45.5 Å². The van der Waals surface area contributed by atoms with Crippen molar-refractivity contribution in [3.8, 4) is 0 Å². The average Bonchev–Trinajstić information content (AvgIpc) is 2.46. The molecule has 0 spiro atoms. The lowest BCUT2D eigenvalue weighted by Crippen LogP contribution is -2.24. The van der Waals surface area contributed by atoms with Crippen LogP contribution in [0.15, 0.2) is 24.3 Å². The van der Waals surface area contributed by atoms with Crippen molar-refractivity contribution in [1.29, 1.82) is 0 Å². The molecule has 1 aliphatic rings. The number of nitro benzene ring substituents is 1. The summed E-state index contributed by atoms with van der Waals surface area (Å²) in [7, 11) is 3.30. The zero-order chi connectivity index (χ0) is 14.7. The predicted octanol–water partition coefficient (Wildman–Crippen LogP) is 2.10. The fraction of sp³-hybridized carbons (Fsp3) is 0.357. The summed E-state index contributed by atoms with van der Waals surface area (Å²) >= 11 is 0. The number of nitrogens with zero attached hydrogens (tertiary/aromatic N) is 2. The molecule has 6 heteroatoms. The number of hydrogen-bond donors (Lipinski definition) is 0. The van der Waals surface area contributed by atoms with Crippen LogP contribution < -0.4 is 0 Å². The van der Waals surface area contributed by atoms with Gasteiger partial charge >= 0.3 is 5.97 Å². The molecule has 0 amide bonds. The average molecular weight is 276 g/mol. The van der Waals surface area contributed by atoms with Crippen LogP contribution in [0.4, 0.5) is 5.69 Å². The Bertz CT molecular complexity index is 581. The Hall–Kier alpha value is -2.21. The van der Waals surface area contributed by atoms with Crippen LogP contribution in [-0.2, 0) is 4.74 Å². The van der Waals surface area contributed by atoms with Gasteiger partial charge in [0.2, 0.25) is 0 Å². The largest absolute Gasteiger partial charge is 0.465 e. The molecule has 1 aliphatic heterocycles. The standard InChI is InChI=1S/C14H16N2O4/c1-15-7-5-10(6-8-15)13-9-11(16(18)19)3-4-12(13)14(17)20-2/h3-5,9H,6-8H2,1-2H3. The van der Waals surface area contributed by atoms with Crippen molar-refractivity contribution < 1.29 is 14.5 Å². The molecule has 20 heavy (non-hydrogen) atoms. The highest BCUT2D eigenvalue weighted by Crippen LogP contribution is 2.29. The molecule has 0 aromatic heterocycles. The van der Waals surface area contributed by atoms with E-state index in [1.807, 2.05) is 13.1 Å². The smallest absolute Gasteiger partial charge is 0.338 e. The van der Waals surface area contributed by atoms with Crippen LogP contribution in [0.5, 0.6) is 0 Å². The van der Waals surface area contributed by atoms with Crippen LogP contribution in [0.25, 0.3) is 5.57 Å². The molecule has 6 nitrogen and oxygen atoms in total. The van der Waals surface area contributed by atoms with Gasteiger partial charge < -0.3 is 9.64 Å². The van der Waals surface area contributed by atoms with Gasteiger partial charge in [0.25, 0.3) is 5.69 Å². The molecule has 0 N–H and O–H groups in total. The highest BCUT2D eigenvalue weighted by molar-refractivity contribution is 5.96. The highest BCUT2D eigenvalue weighted by atomic mass is 16.6. The van der Waals surface area contributed by atoms with Crippen LogP contribution in [0, 0.1) is 10.1 Å². The number of ether oxygens (including phenoxy) is 1. The molecular weight excluding hydrogens is 260 g/mol. The lowest BCUT2D eigenvalue weighted by molar-refractivity contribution is -0.384. The molecule has 0 radical (unpaired) electrons. The summed E-state index contributed by atoms with van der Waals surface area (Å²) in [6.45, 7) is 1.62. The summed E-state index contributed by atoms with van der Waals surface area (Å²) < 4.78 is 4.74. The molecule has 0 unspecified atom stereocenters. The van der Waals surface area contributed by atoms with E-state index in [0.29, 0.717) is 11.1 Å². The van der Waals surface area contributed by atoms with Gasteiger partial charge in [-0.15, -0.1) is 0 Å². The first-order valence-electron chi connectivity index (χ1n) is 6.27. The normalized spacial score (nSPS) is 15.6. The van der Waals surface area contributed by atoms with Gasteiger partial charge in [0, 0.05) is 25.2 Å². The van der Waals surface area contributed by atoms with Crippen LogP contribution in [-0.4, -0.2) is 43.0 Å². The SMILES string of the molecule is COC(=O)c1ccc([N+](=O)[O-])cc1C1=CCN(C)CC1. The maximum Gasteiger partial charge on any atom is 0.338 e. The number of hydrogen-bond acceptors (Lipinski definition) is 5. The zero-order valence-corrected chi connectivity index (χ0v) is 11.5. The van der Waals surface area contributed by atoms with Crippen molar-refractivity contribution >= 4 is 17.2 Å². The number of carbonyl (C=O) groups is 1. The second-order valence-electron chi connectivity index (χ2n) is 4.72. The minimum absolute atomic E-state index is 0.0209. The maximum absolute atomic E-state index is 11.8. The minimum atomic E-state index is -0.477. The zero-order valence-electron chi connectivity index (χ0n) is 11.5. The van der Waals surface area contributed by atoms with Gasteiger partial charge in [-0.3, -0.25) is 10.1 Å². The Morgan fingerprint density at radius 2 is 2.20 bits per heavy atom. The summed E-state index contributed by atoms with van der Waals surface area (Å²) in [5.41, 5.74) is 1.90. The summed E-state index contributed by atoms with van der Waals surface area (Å²) in [6, 6.07) is 4.23. The molecule has 0 atom stereocenters. The lowest BCUT2D eigenvalue weighted by atomic mass is 9.94. The second kappa shape index (κ2) is 5.83. The van der Waals surface area contributed by atoms with Gasteiger partial charge in [0.15, 0.2) is 0 Å². The molecule has 2 rings (SSSR count). The number of likely N-dealkylation sites (N-methyl/N-ethyl adjacent to an activating group) is 1. The summed E-state index contributed by atoms with van der Waals surface area (Å²) in [6.07, 6.45) is 2.75. The molecular formula is C14H16N2O4. The first kappa shape index (κ1) is 14.2. The molecule has 0 fully saturated rings. The number of carbonyl (C=O) groups excluding carboxylic acids is 1. The molecule has 0 saturated heterocycles. The molecule has 106 valence electrons. The van der Waals surface area contributed by atoms with Gasteiger partial charge in [-0.25, -0.2) is 4.79 Å². The number of methoxy groups -OCH3 is 1. The first-order valence-corrected chi connectivity index (χ1v) is 6.27. The van der Waals surface area contributed by atoms with Crippen LogP contribution in [0.1, 0.15) is 22.3 Å². The summed E-state index contributed by atoms with van der Waals surface area (Å²) in [4.78, 5) is 24.4. The summed E-state index contributed by atoms with van der Waals surface area (Å²) in [5, 5.41) is 10.9. The van der Waals surface area contributed by atoms with Crippen molar-refractivity contribution in [1.82, 2.24) is 4.90 Å². The quantitative estimate of drug-likeness (QED) is 0.480. The van der Waals surface area contributed by atoms with Gasteiger partial charge in [-0.2, -0.15) is 0 Å². The molecule has 1 heterocycles. The Morgan fingerprint density at radius 1 is 1.45 bits per heavy atom. The molecule has 1 aromatic carbocycles. The number of non-ortho nitro benzene ring substituents is 1. The van der Waals surface area contributed by atoms with Crippen LogP contribution in [0.3, 0.4) is 0 Å². The second-order valence-corrected chi connectivity index (χ2v) is 4.72. The lowest BCUT2D eigenvalue weighted by Gasteiger charge is -2.22. The van der Waals surface area contributed by atoms with Gasteiger partial charge in [0.1, 0.15) is 0 Å². The van der Waals surface area contributed by atoms with Crippen molar-refractivity contribution in [2.24, 2.45) is 0 Å². The van der Waals surface area contributed by atoms with Crippen LogP contribution >= 0.6 is 0 Å². The Balaban J connectivity index is 2.49. The van der Waals surface area contributed by atoms with E-state index in [-0.39, 0.29) is 5.69 Å². The van der Waals surface area contributed by atoms with E-state index in [4.69, 9.17) is 4.74 Å². The summed E-state index contributed by atoms with van der Waals surface area (Å²) in [5.74, 6) is -0.477. The topological polar surface area (TPSA) is 72.7 Å². The van der Waals surface area contributed by atoms with E-state index in [2.05, 4.69) is 4.90 Å². The van der Waals surface area contributed by atoms with Crippen molar-refractivity contribution in [2.45, 2.75) is 6.42 Å². The Labute approximate surface area is 116 Å². The fourth-order valence-corrected chi connectivity index (χ4v) is 2.21. The third-order valence-corrected chi connectivity index (χ3v) is 3.38. The highest BCUT2D eigenvalue weighted by Gasteiger charge is 2.20. The first-order chi connectivity index (χ1) is 9.52. The number of nitro groups is 1. The number of rotatable bonds is 3. The van der Waals surface area contributed by atoms with E-state index in [1.165, 1.54) is 25.3 Å². The van der Waals surface area contributed by atoms with E-state index in [0.717, 1.165) is 25.1 Å². The Morgan fingerprint density at radius 3 is 2.75 bits per heavy atom. The molecule has 0 bridgehead atoms. The third-order valence-electron chi connectivity index (χ3n) is 3.38. The third kappa shape index (κ3) is 2.85. The predicted molar refractivity (Wildman–Crippen MR) is 74.5 cm³/mol. The van der Waals surface area contributed by atoms with E-state index in [1.54, 1.807) is 0 Å². The monoisotopic (exact) mass is 276 g/mol. The van der Waals surface area contributed by atoms with Crippen molar-refractivity contribution in [2.75, 3.05) is 27.2 Å². The Kier molecular flexibility index (Phi) is 4.14. The maximum atomic E-state index is 11.8.